The van der Waals surface area contributed by atoms with E-state index >= 15 is 0 Å². The predicted molar refractivity (Wildman–Crippen MR) is 68.0 cm³/mol. The van der Waals surface area contributed by atoms with E-state index in [9.17, 15) is 9.59 Å². The molecule has 2 fully saturated rings. The third-order valence-corrected chi connectivity index (χ3v) is 3.74. The minimum Gasteiger partial charge on any atom is -0.465 e. The Hall–Kier alpha value is -2.15. The standard InChI is InChI=1S/C13H15N3O4/c17-10(13(7-20-8-13)16-11(18)19)15-12(4-5-12)9-3-1-2-6-14-9/h1-3,6,16H,4-5,7-8H2,(H,15,17)(H,18,19). The van der Waals surface area contributed by atoms with E-state index in [1.54, 1.807) is 6.20 Å². The molecule has 1 saturated carbocycles. The highest BCUT2D eigenvalue weighted by molar-refractivity contribution is 5.91. The summed E-state index contributed by atoms with van der Waals surface area (Å²) in [6.07, 6.45) is 2.06. The summed E-state index contributed by atoms with van der Waals surface area (Å²) in [4.78, 5) is 27.4. The van der Waals surface area contributed by atoms with Crippen molar-refractivity contribution in [2.24, 2.45) is 0 Å². The molecule has 2 amide bonds. The maximum Gasteiger partial charge on any atom is 0.405 e. The molecule has 3 N–H and O–H groups in total. The Balaban J connectivity index is 1.74. The van der Waals surface area contributed by atoms with Crippen LogP contribution < -0.4 is 10.6 Å². The van der Waals surface area contributed by atoms with E-state index in [-0.39, 0.29) is 19.1 Å². The molecule has 106 valence electrons. The van der Waals surface area contributed by atoms with E-state index in [2.05, 4.69) is 15.6 Å². The normalized spacial score (nSPS) is 21.4. The molecule has 0 spiro atoms. The summed E-state index contributed by atoms with van der Waals surface area (Å²) >= 11 is 0. The average Bonchev–Trinajstić information content (AvgIpc) is 3.15. The summed E-state index contributed by atoms with van der Waals surface area (Å²) in [5.74, 6) is -0.352. The molecule has 1 aliphatic heterocycles. The van der Waals surface area contributed by atoms with Crippen LogP contribution in [0.3, 0.4) is 0 Å². The van der Waals surface area contributed by atoms with Crippen molar-refractivity contribution in [1.82, 2.24) is 15.6 Å². The van der Waals surface area contributed by atoms with Crippen molar-refractivity contribution in [3.63, 3.8) is 0 Å². The van der Waals surface area contributed by atoms with Gasteiger partial charge in [0.05, 0.1) is 24.4 Å². The zero-order valence-corrected chi connectivity index (χ0v) is 10.8. The van der Waals surface area contributed by atoms with Crippen molar-refractivity contribution in [2.75, 3.05) is 13.2 Å². The first-order valence-corrected chi connectivity index (χ1v) is 6.39. The SMILES string of the molecule is O=C(O)NC1(C(=O)NC2(c3ccccn3)CC2)COC1. The molecule has 0 bridgehead atoms. The third-order valence-electron chi connectivity index (χ3n) is 3.74. The molecule has 1 aliphatic carbocycles. The van der Waals surface area contributed by atoms with Gasteiger partial charge in [-0.3, -0.25) is 9.78 Å². The topological polar surface area (TPSA) is 101 Å². The number of rotatable bonds is 4. The number of carboxylic acid groups (broad SMARTS) is 1. The third kappa shape index (κ3) is 2.09. The Bertz CT molecular complexity index is 538. The largest absolute Gasteiger partial charge is 0.465 e. The summed E-state index contributed by atoms with van der Waals surface area (Å²) in [5, 5.41) is 14.0. The van der Waals surface area contributed by atoms with E-state index in [1.807, 2.05) is 18.2 Å². The summed E-state index contributed by atoms with van der Waals surface area (Å²) in [7, 11) is 0. The van der Waals surface area contributed by atoms with Gasteiger partial charge in [-0.15, -0.1) is 0 Å². The summed E-state index contributed by atoms with van der Waals surface area (Å²) < 4.78 is 5.00. The number of ether oxygens (including phenoxy) is 1. The van der Waals surface area contributed by atoms with Gasteiger partial charge in [-0.1, -0.05) is 6.07 Å². The lowest BCUT2D eigenvalue weighted by atomic mass is 9.95. The molecule has 7 heteroatoms. The van der Waals surface area contributed by atoms with E-state index in [0.29, 0.717) is 0 Å². The molecule has 0 unspecified atom stereocenters. The fraction of sp³-hybridized carbons (Fsp3) is 0.462. The van der Waals surface area contributed by atoms with Gasteiger partial charge in [-0.05, 0) is 25.0 Å². The van der Waals surface area contributed by atoms with Crippen LogP contribution in [-0.2, 0) is 15.1 Å². The molecule has 1 aromatic heterocycles. The number of nitrogens with zero attached hydrogens (tertiary/aromatic N) is 1. The Morgan fingerprint density at radius 2 is 2.00 bits per heavy atom. The van der Waals surface area contributed by atoms with Crippen molar-refractivity contribution >= 4 is 12.0 Å². The number of nitrogens with one attached hydrogen (secondary N) is 2. The van der Waals surface area contributed by atoms with Gasteiger partial charge in [-0.2, -0.15) is 0 Å². The number of aromatic nitrogens is 1. The number of hydrogen-bond acceptors (Lipinski definition) is 4. The second kappa shape index (κ2) is 4.45. The highest BCUT2D eigenvalue weighted by Crippen LogP contribution is 2.44. The zero-order chi connectivity index (χ0) is 14.2. The van der Waals surface area contributed by atoms with Crippen LogP contribution in [0.2, 0.25) is 0 Å². The minimum absolute atomic E-state index is 0.0590. The Morgan fingerprint density at radius 1 is 1.25 bits per heavy atom. The van der Waals surface area contributed by atoms with Crippen molar-refractivity contribution < 1.29 is 19.4 Å². The van der Waals surface area contributed by atoms with Gasteiger partial charge in [0.25, 0.3) is 5.91 Å². The first-order chi connectivity index (χ1) is 9.56. The fourth-order valence-corrected chi connectivity index (χ4v) is 2.32. The van der Waals surface area contributed by atoms with Crippen LogP contribution in [0.1, 0.15) is 18.5 Å². The lowest BCUT2D eigenvalue weighted by Crippen LogP contribution is -2.70. The monoisotopic (exact) mass is 277 g/mol. The van der Waals surface area contributed by atoms with Crippen molar-refractivity contribution in [2.45, 2.75) is 23.9 Å². The molecular weight excluding hydrogens is 262 g/mol. The van der Waals surface area contributed by atoms with Crippen molar-refractivity contribution in [3.05, 3.63) is 30.1 Å². The van der Waals surface area contributed by atoms with Crippen LogP contribution in [0.25, 0.3) is 0 Å². The van der Waals surface area contributed by atoms with E-state index < -0.39 is 17.2 Å². The highest BCUT2D eigenvalue weighted by atomic mass is 16.5. The molecule has 2 aliphatic rings. The molecule has 1 aromatic rings. The van der Waals surface area contributed by atoms with Gasteiger partial charge in [-0.25, -0.2) is 4.79 Å². The van der Waals surface area contributed by atoms with Crippen molar-refractivity contribution in [3.8, 4) is 0 Å². The Morgan fingerprint density at radius 3 is 2.45 bits per heavy atom. The second-order valence-corrected chi connectivity index (χ2v) is 5.26. The van der Waals surface area contributed by atoms with Gasteiger partial charge in [0.1, 0.15) is 0 Å². The van der Waals surface area contributed by atoms with Crippen LogP contribution in [0, 0.1) is 0 Å². The molecule has 0 radical (unpaired) electrons. The van der Waals surface area contributed by atoms with Gasteiger partial charge in [0.15, 0.2) is 5.54 Å². The Labute approximate surface area is 115 Å². The van der Waals surface area contributed by atoms with E-state index in [0.717, 1.165) is 18.5 Å². The molecule has 1 saturated heterocycles. The molecule has 7 nitrogen and oxygen atoms in total. The molecule has 0 aromatic carbocycles. The first-order valence-electron chi connectivity index (χ1n) is 6.39. The first kappa shape index (κ1) is 12.9. The summed E-state index contributed by atoms with van der Waals surface area (Å²) in [5.41, 5.74) is -0.823. The number of hydrogen-bond donors (Lipinski definition) is 3. The average molecular weight is 277 g/mol. The molecule has 2 heterocycles. The molecular formula is C13H15N3O4. The molecule has 0 atom stereocenters. The van der Waals surface area contributed by atoms with Crippen LogP contribution in [-0.4, -0.2) is 40.8 Å². The van der Waals surface area contributed by atoms with Crippen molar-refractivity contribution in [1.29, 1.82) is 0 Å². The fourth-order valence-electron chi connectivity index (χ4n) is 2.32. The maximum absolute atomic E-state index is 12.4. The molecule has 20 heavy (non-hydrogen) atoms. The maximum atomic E-state index is 12.4. The summed E-state index contributed by atoms with van der Waals surface area (Å²) in [6.45, 7) is 0.118. The highest BCUT2D eigenvalue weighted by Gasteiger charge is 2.54. The van der Waals surface area contributed by atoms with Gasteiger partial charge < -0.3 is 20.5 Å². The summed E-state index contributed by atoms with van der Waals surface area (Å²) in [6, 6.07) is 5.54. The van der Waals surface area contributed by atoms with Gasteiger partial charge in [0.2, 0.25) is 0 Å². The smallest absolute Gasteiger partial charge is 0.405 e. The number of amides is 2. The zero-order valence-electron chi connectivity index (χ0n) is 10.8. The number of carbonyl (C=O) groups excluding carboxylic acids is 1. The van der Waals surface area contributed by atoms with E-state index in [1.165, 1.54) is 0 Å². The minimum atomic E-state index is -1.23. The van der Waals surface area contributed by atoms with E-state index in [4.69, 9.17) is 9.84 Å². The lowest BCUT2D eigenvalue weighted by molar-refractivity contribution is -0.148. The van der Waals surface area contributed by atoms with Crippen LogP contribution in [0.4, 0.5) is 4.79 Å². The van der Waals surface area contributed by atoms with Crippen LogP contribution >= 0.6 is 0 Å². The number of pyridine rings is 1. The van der Waals surface area contributed by atoms with Crippen LogP contribution in [0.5, 0.6) is 0 Å². The van der Waals surface area contributed by atoms with Gasteiger partial charge >= 0.3 is 6.09 Å². The Kier molecular flexibility index (Phi) is 2.86. The molecule has 3 rings (SSSR count). The lowest BCUT2D eigenvalue weighted by Gasteiger charge is -2.40. The van der Waals surface area contributed by atoms with Crippen LogP contribution in [0.15, 0.2) is 24.4 Å². The predicted octanol–water partition coefficient (Wildman–Crippen LogP) is 0.223. The van der Waals surface area contributed by atoms with Gasteiger partial charge in [0, 0.05) is 6.20 Å². The quantitative estimate of drug-likeness (QED) is 0.731. The second-order valence-electron chi connectivity index (χ2n) is 5.26. The number of carbonyl (C=O) groups is 2.